The van der Waals surface area contributed by atoms with Gasteiger partial charge in [-0.25, -0.2) is 10.2 Å². The molecule has 0 aromatic heterocycles. The summed E-state index contributed by atoms with van der Waals surface area (Å²) in [5.41, 5.74) is 8.93. The Hall–Kier alpha value is -2.04. The second-order valence-electron chi connectivity index (χ2n) is 3.68. The molecule has 1 aromatic carbocycles. The molecule has 5 nitrogen and oxygen atoms in total. The number of carbonyl (C=O) groups excluding carboxylic acids is 1. The number of rotatable bonds is 1. The fraction of sp³-hybridized carbons (Fsp3) is 0.273. The van der Waals surface area contributed by atoms with E-state index < -0.39 is 6.03 Å². The number of carbonyl (C=O) groups is 1. The average molecular weight is 219 g/mol. The number of nitrogens with two attached hydrogens (primary N) is 1. The predicted molar refractivity (Wildman–Crippen MR) is 60.4 cm³/mol. The van der Waals surface area contributed by atoms with Crippen LogP contribution in [-0.4, -0.2) is 18.3 Å². The van der Waals surface area contributed by atoms with Crippen molar-refractivity contribution in [1.29, 1.82) is 0 Å². The topological polar surface area (TPSA) is 76.7 Å². The van der Waals surface area contributed by atoms with Crippen molar-refractivity contribution < 1.29 is 9.53 Å². The van der Waals surface area contributed by atoms with Crippen LogP contribution in [0.5, 0.6) is 5.75 Å². The first-order chi connectivity index (χ1) is 7.68. The van der Waals surface area contributed by atoms with Crippen LogP contribution >= 0.6 is 0 Å². The molecule has 0 saturated carbocycles. The SMILES string of the molecule is CC1COc2ccccc2/C1=N\NC(N)=O. The fourth-order valence-corrected chi connectivity index (χ4v) is 1.65. The molecule has 0 saturated heterocycles. The van der Waals surface area contributed by atoms with Crippen molar-refractivity contribution in [2.75, 3.05) is 6.61 Å². The molecule has 0 bridgehead atoms. The van der Waals surface area contributed by atoms with Gasteiger partial charge in [-0.1, -0.05) is 19.1 Å². The van der Waals surface area contributed by atoms with Gasteiger partial charge in [0.05, 0.1) is 12.3 Å². The van der Waals surface area contributed by atoms with Crippen molar-refractivity contribution in [1.82, 2.24) is 5.43 Å². The number of ether oxygens (including phenoxy) is 1. The highest BCUT2D eigenvalue weighted by molar-refractivity contribution is 6.05. The van der Waals surface area contributed by atoms with Gasteiger partial charge in [0.1, 0.15) is 5.75 Å². The largest absolute Gasteiger partial charge is 0.492 e. The first-order valence-electron chi connectivity index (χ1n) is 5.03. The molecule has 5 heteroatoms. The summed E-state index contributed by atoms with van der Waals surface area (Å²) in [4.78, 5) is 10.6. The Labute approximate surface area is 93.3 Å². The monoisotopic (exact) mass is 219 g/mol. The van der Waals surface area contributed by atoms with E-state index in [1.165, 1.54) is 0 Å². The second-order valence-corrected chi connectivity index (χ2v) is 3.68. The molecule has 1 aromatic rings. The van der Waals surface area contributed by atoms with Crippen LogP contribution in [0.2, 0.25) is 0 Å². The summed E-state index contributed by atoms with van der Waals surface area (Å²) in [6.45, 7) is 2.54. The summed E-state index contributed by atoms with van der Waals surface area (Å²) >= 11 is 0. The Kier molecular flexibility index (Phi) is 2.76. The number of amides is 2. The zero-order valence-electron chi connectivity index (χ0n) is 8.93. The lowest BCUT2D eigenvalue weighted by Crippen LogP contribution is -2.31. The van der Waals surface area contributed by atoms with E-state index in [0.717, 1.165) is 17.0 Å². The van der Waals surface area contributed by atoms with Gasteiger partial charge in [-0.2, -0.15) is 5.10 Å². The van der Waals surface area contributed by atoms with Crippen molar-refractivity contribution >= 4 is 11.7 Å². The third-order valence-electron chi connectivity index (χ3n) is 2.41. The molecule has 1 aliphatic heterocycles. The second kappa shape index (κ2) is 4.22. The summed E-state index contributed by atoms with van der Waals surface area (Å²) < 4.78 is 5.55. The summed E-state index contributed by atoms with van der Waals surface area (Å²) in [7, 11) is 0. The van der Waals surface area contributed by atoms with E-state index in [-0.39, 0.29) is 5.92 Å². The molecule has 1 aliphatic rings. The van der Waals surface area contributed by atoms with Crippen molar-refractivity contribution in [2.24, 2.45) is 16.8 Å². The molecule has 3 N–H and O–H groups in total. The summed E-state index contributed by atoms with van der Waals surface area (Å²) in [6.07, 6.45) is 0. The summed E-state index contributed by atoms with van der Waals surface area (Å²) in [5.74, 6) is 0.910. The number of benzene rings is 1. The highest BCUT2D eigenvalue weighted by Crippen LogP contribution is 2.26. The third kappa shape index (κ3) is 1.98. The Morgan fingerprint density at radius 3 is 3.06 bits per heavy atom. The van der Waals surface area contributed by atoms with Crippen molar-refractivity contribution in [3.05, 3.63) is 29.8 Å². The highest BCUT2D eigenvalue weighted by Gasteiger charge is 2.23. The molecule has 0 fully saturated rings. The number of fused-ring (bicyclic) bond motifs is 1. The van der Waals surface area contributed by atoms with Gasteiger partial charge in [0.25, 0.3) is 0 Å². The number of nitrogens with zero attached hydrogens (tertiary/aromatic N) is 1. The van der Waals surface area contributed by atoms with E-state index in [1.54, 1.807) is 0 Å². The Balaban J connectivity index is 2.36. The van der Waals surface area contributed by atoms with Crippen LogP contribution in [0.4, 0.5) is 4.79 Å². The third-order valence-corrected chi connectivity index (χ3v) is 2.41. The summed E-state index contributed by atoms with van der Waals surface area (Å²) in [6, 6.07) is 6.92. The van der Waals surface area contributed by atoms with Gasteiger partial charge < -0.3 is 10.5 Å². The van der Waals surface area contributed by atoms with Gasteiger partial charge in [0.2, 0.25) is 0 Å². The van der Waals surface area contributed by atoms with E-state index in [4.69, 9.17) is 10.5 Å². The van der Waals surface area contributed by atoms with Crippen LogP contribution in [0.25, 0.3) is 0 Å². The van der Waals surface area contributed by atoms with E-state index in [2.05, 4.69) is 10.5 Å². The molecule has 84 valence electrons. The maximum Gasteiger partial charge on any atom is 0.332 e. The lowest BCUT2D eigenvalue weighted by atomic mass is 9.96. The van der Waals surface area contributed by atoms with Gasteiger partial charge in [-0.05, 0) is 12.1 Å². The number of nitrogens with one attached hydrogen (secondary N) is 1. The molecule has 2 amide bonds. The van der Waals surface area contributed by atoms with E-state index in [0.29, 0.717) is 6.61 Å². The molecule has 0 spiro atoms. The Morgan fingerprint density at radius 2 is 2.31 bits per heavy atom. The lowest BCUT2D eigenvalue weighted by Gasteiger charge is -2.24. The molecular formula is C11H13N3O2. The molecule has 1 unspecified atom stereocenters. The highest BCUT2D eigenvalue weighted by atomic mass is 16.5. The fourth-order valence-electron chi connectivity index (χ4n) is 1.65. The van der Waals surface area contributed by atoms with E-state index in [1.807, 2.05) is 31.2 Å². The first kappa shape index (κ1) is 10.5. The normalized spacial score (nSPS) is 21.1. The molecule has 1 heterocycles. The zero-order valence-corrected chi connectivity index (χ0v) is 8.93. The van der Waals surface area contributed by atoms with Crippen LogP contribution in [-0.2, 0) is 0 Å². The Morgan fingerprint density at radius 1 is 1.56 bits per heavy atom. The molecule has 0 radical (unpaired) electrons. The standard InChI is InChI=1S/C11H13N3O2/c1-7-6-16-9-5-3-2-4-8(9)10(7)13-14-11(12)15/h2-5,7H,6H2,1H3,(H3,12,14,15)/b13-10-. The summed E-state index contributed by atoms with van der Waals surface area (Å²) in [5, 5.41) is 4.02. The lowest BCUT2D eigenvalue weighted by molar-refractivity contribution is 0.249. The molecule has 16 heavy (non-hydrogen) atoms. The first-order valence-corrected chi connectivity index (χ1v) is 5.03. The predicted octanol–water partition coefficient (Wildman–Crippen LogP) is 1.09. The van der Waals surface area contributed by atoms with Gasteiger partial charge in [0.15, 0.2) is 0 Å². The van der Waals surface area contributed by atoms with Gasteiger partial charge in [-0.15, -0.1) is 0 Å². The van der Waals surface area contributed by atoms with Gasteiger partial charge >= 0.3 is 6.03 Å². The van der Waals surface area contributed by atoms with E-state index >= 15 is 0 Å². The smallest absolute Gasteiger partial charge is 0.332 e. The van der Waals surface area contributed by atoms with Gasteiger partial charge in [0, 0.05) is 11.5 Å². The van der Waals surface area contributed by atoms with Crippen LogP contribution < -0.4 is 15.9 Å². The maximum absolute atomic E-state index is 10.6. The van der Waals surface area contributed by atoms with Crippen molar-refractivity contribution in [3.8, 4) is 5.75 Å². The maximum atomic E-state index is 10.6. The van der Waals surface area contributed by atoms with Gasteiger partial charge in [-0.3, -0.25) is 0 Å². The minimum atomic E-state index is -0.663. The number of hydrazone groups is 1. The van der Waals surface area contributed by atoms with Crippen LogP contribution in [0, 0.1) is 5.92 Å². The molecule has 1 atom stereocenters. The molecular weight excluding hydrogens is 206 g/mol. The minimum absolute atomic E-state index is 0.127. The van der Waals surface area contributed by atoms with Crippen LogP contribution in [0.1, 0.15) is 12.5 Å². The molecule has 0 aliphatic carbocycles. The quantitative estimate of drug-likeness (QED) is 0.693. The number of hydrogen-bond donors (Lipinski definition) is 2. The Bertz CT molecular complexity index is 443. The van der Waals surface area contributed by atoms with Crippen molar-refractivity contribution in [3.63, 3.8) is 0 Å². The minimum Gasteiger partial charge on any atom is -0.492 e. The van der Waals surface area contributed by atoms with Crippen LogP contribution in [0.3, 0.4) is 0 Å². The van der Waals surface area contributed by atoms with E-state index in [9.17, 15) is 4.79 Å². The number of primary amides is 1. The number of urea groups is 1. The number of para-hydroxylation sites is 1. The number of hydrogen-bond acceptors (Lipinski definition) is 3. The van der Waals surface area contributed by atoms with Crippen LogP contribution in [0.15, 0.2) is 29.4 Å². The zero-order chi connectivity index (χ0) is 11.5. The average Bonchev–Trinajstić information content (AvgIpc) is 2.27. The molecule has 2 rings (SSSR count). The van der Waals surface area contributed by atoms with Crippen molar-refractivity contribution in [2.45, 2.75) is 6.92 Å².